The van der Waals surface area contributed by atoms with Crippen LogP contribution in [0.3, 0.4) is 0 Å². The van der Waals surface area contributed by atoms with Crippen molar-refractivity contribution in [2.75, 3.05) is 6.61 Å². The summed E-state index contributed by atoms with van der Waals surface area (Å²) < 4.78 is 18.2. The first kappa shape index (κ1) is 16.0. The molecular weight excluding hydrogens is 311 g/mol. The van der Waals surface area contributed by atoms with E-state index in [0.29, 0.717) is 22.3 Å². The Hall–Kier alpha value is -2.38. The molecule has 3 heterocycles. The molecule has 1 N–H and O–H groups in total. The molecule has 0 aromatic carbocycles. The highest BCUT2D eigenvalue weighted by molar-refractivity contribution is 5.93. The van der Waals surface area contributed by atoms with Gasteiger partial charge in [-0.25, -0.2) is 24.1 Å². The summed E-state index contributed by atoms with van der Waals surface area (Å²) in [6.45, 7) is 2.01. The number of nitrogens with zero attached hydrogens (tertiary/aromatic N) is 3. The summed E-state index contributed by atoms with van der Waals surface area (Å²) >= 11 is 0. The van der Waals surface area contributed by atoms with E-state index in [1.54, 1.807) is 19.2 Å². The number of nitrogens with one attached hydrogen (secondary N) is 1. The van der Waals surface area contributed by atoms with Crippen molar-refractivity contribution >= 4 is 17.5 Å². The molecule has 2 aliphatic heterocycles. The Morgan fingerprint density at radius 2 is 2.05 bits per heavy atom. The maximum Gasteiger partial charge on any atom is 0.341 e. The fourth-order valence-electron chi connectivity index (χ4n) is 2.01. The molecule has 2 aliphatic rings. The molecule has 0 aliphatic carbocycles. The van der Waals surface area contributed by atoms with E-state index in [9.17, 15) is 9.18 Å². The number of carbonyl (C=O) groups is 1. The van der Waals surface area contributed by atoms with Crippen molar-refractivity contribution in [2.24, 2.45) is 4.99 Å². The van der Waals surface area contributed by atoms with Crippen molar-refractivity contribution in [3.05, 3.63) is 54.2 Å². The summed E-state index contributed by atoms with van der Waals surface area (Å²) in [6, 6.07) is 0. The average Bonchev–Trinajstić information content (AvgIpc) is 2.90. The van der Waals surface area contributed by atoms with Gasteiger partial charge in [-0.2, -0.15) is 4.99 Å². The van der Waals surface area contributed by atoms with Crippen LogP contribution >= 0.6 is 0 Å². The molecule has 114 valence electrons. The number of esters is 1. The molecule has 8 heteroatoms. The van der Waals surface area contributed by atoms with Crippen LogP contribution in [0.25, 0.3) is 5.70 Å². The van der Waals surface area contributed by atoms with E-state index in [1.807, 2.05) is 0 Å². The molecule has 0 fully saturated rings. The molecule has 1 atom stereocenters. The lowest BCUT2D eigenvalue weighted by Gasteiger charge is -2.12. The average molecular weight is 323 g/mol. The summed E-state index contributed by atoms with van der Waals surface area (Å²) in [5.74, 6) is 0.237. The van der Waals surface area contributed by atoms with Gasteiger partial charge in [0.1, 0.15) is 6.20 Å². The van der Waals surface area contributed by atoms with Crippen molar-refractivity contribution < 1.29 is 31.2 Å². The third-order valence-corrected chi connectivity index (χ3v) is 2.99. The van der Waals surface area contributed by atoms with Gasteiger partial charge >= 0.3 is 5.97 Å². The second-order valence-corrected chi connectivity index (χ2v) is 4.35. The Labute approximate surface area is 132 Å². The van der Waals surface area contributed by atoms with Gasteiger partial charge in [-0.15, -0.1) is 0 Å². The van der Waals surface area contributed by atoms with Crippen LogP contribution in [0.5, 0.6) is 0 Å². The molecule has 0 radical (unpaired) electrons. The van der Waals surface area contributed by atoms with Gasteiger partial charge in [-0.3, -0.25) is 0 Å². The van der Waals surface area contributed by atoms with E-state index < -0.39 is 5.97 Å². The standard InChI is InChI=1S/C14H11FN4O2.ClH/c1-2-21-14(20)9-5-17-13(18-6-9)11-7-16-12-4-3-10(15)8-19(11)12;/h3-8H,2H2,1H3;1H. The highest BCUT2D eigenvalue weighted by atomic mass is 35.5. The molecule has 0 bridgehead atoms. The molecular formula is C14H12ClFN4O2. The third kappa shape index (κ3) is 2.95. The predicted octanol–water partition coefficient (Wildman–Crippen LogP) is -2.37. The molecule has 0 spiro atoms. The van der Waals surface area contributed by atoms with Gasteiger partial charge in [-0.1, -0.05) is 0 Å². The number of aliphatic imine (C=N–C) groups is 1. The quantitative estimate of drug-likeness (QED) is 0.632. The minimum absolute atomic E-state index is 0. The van der Waals surface area contributed by atoms with Crippen LogP contribution in [0.2, 0.25) is 0 Å². The zero-order valence-electron chi connectivity index (χ0n) is 11.6. The summed E-state index contributed by atoms with van der Waals surface area (Å²) in [5.41, 5.74) is 0.899. The first-order chi connectivity index (χ1) is 10.2. The van der Waals surface area contributed by atoms with Crippen LogP contribution < -0.4 is 17.3 Å². The highest BCUT2D eigenvalue weighted by Crippen LogP contribution is 2.11. The van der Waals surface area contributed by atoms with Gasteiger partial charge in [0, 0.05) is 18.5 Å². The molecule has 3 rings (SSSR count). The van der Waals surface area contributed by atoms with Gasteiger partial charge in [-0.05, 0) is 13.0 Å². The zero-order chi connectivity index (χ0) is 14.8. The number of hydrogen-bond donors (Lipinski definition) is 1. The van der Waals surface area contributed by atoms with E-state index in [-0.39, 0.29) is 30.4 Å². The molecule has 1 unspecified atom stereocenters. The number of ether oxygens (including phenoxy) is 1. The monoisotopic (exact) mass is 322 g/mol. The molecule has 1 aromatic heterocycles. The summed E-state index contributed by atoms with van der Waals surface area (Å²) in [4.78, 5) is 24.6. The smallest absolute Gasteiger partial charge is 0.341 e. The maximum absolute atomic E-state index is 13.3. The molecule has 1 aromatic rings. The van der Waals surface area contributed by atoms with Crippen molar-refractivity contribution in [1.29, 1.82) is 0 Å². The number of rotatable bonds is 3. The normalized spacial score (nSPS) is 18.6. The minimum Gasteiger partial charge on any atom is -1.00 e. The van der Waals surface area contributed by atoms with Crippen LogP contribution in [0.15, 0.2) is 47.8 Å². The fourth-order valence-corrected chi connectivity index (χ4v) is 2.01. The largest absolute Gasteiger partial charge is 1.00 e. The van der Waals surface area contributed by atoms with Crippen molar-refractivity contribution in [3.8, 4) is 0 Å². The Kier molecular flexibility index (Phi) is 4.79. The lowest BCUT2D eigenvalue weighted by molar-refractivity contribution is -0.656. The first-order valence-corrected chi connectivity index (χ1v) is 6.39. The minimum atomic E-state index is -0.472. The zero-order valence-corrected chi connectivity index (χ0v) is 12.3. The molecule has 6 nitrogen and oxygen atoms in total. The highest BCUT2D eigenvalue weighted by Gasteiger charge is 2.30. The number of aromatic nitrogens is 2. The first-order valence-electron chi connectivity index (χ1n) is 6.39. The lowest BCUT2D eigenvalue weighted by atomic mass is 10.3. The van der Waals surface area contributed by atoms with Gasteiger partial charge < -0.3 is 17.1 Å². The van der Waals surface area contributed by atoms with Crippen LogP contribution in [0, 0.1) is 0 Å². The molecule has 0 amide bonds. The van der Waals surface area contributed by atoms with Crippen LogP contribution in [0.4, 0.5) is 4.39 Å². The number of fused-ring (bicyclic) bond motifs is 1. The second-order valence-electron chi connectivity index (χ2n) is 4.35. The predicted molar refractivity (Wildman–Crippen MR) is 72.7 cm³/mol. The van der Waals surface area contributed by atoms with Gasteiger partial charge in [0.15, 0.2) is 5.83 Å². The summed E-state index contributed by atoms with van der Waals surface area (Å²) in [5, 5.41) is 0. The van der Waals surface area contributed by atoms with E-state index in [0.717, 1.165) is 0 Å². The van der Waals surface area contributed by atoms with Crippen LogP contribution in [-0.2, 0) is 4.74 Å². The van der Waals surface area contributed by atoms with E-state index >= 15 is 0 Å². The van der Waals surface area contributed by atoms with Crippen LogP contribution in [0.1, 0.15) is 23.1 Å². The van der Waals surface area contributed by atoms with Crippen molar-refractivity contribution in [2.45, 2.75) is 6.92 Å². The topological polar surface area (TPSA) is 68.9 Å². The lowest BCUT2D eigenvalue weighted by Crippen LogP contribution is -3.06. The SMILES string of the molecule is CCOC(=O)c1cnc(C2=CN=C3C=CC(F)=C[NH+]23)nc1.[Cl-]. The van der Waals surface area contributed by atoms with E-state index in [2.05, 4.69) is 15.0 Å². The number of halogens is 2. The van der Waals surface area contributed by atoms with Gasteiger partial charge in [0.2, 0.25) is 17.4 Å². The van der Waals surface area contributed by atoms with E-state index in [4.69, 9.17) is 4.74 Å². The number of carbonyl (C=O) groups excluding carboxylic acids is 1. The van der Waals surface area contributed by atoms with Crippen molar-refractivity contribution in [3.63, 3.8) is 0 Å². The number of hydrogen-bond acceptors (Lipinski definition) is 5. The Morgan fingerprint density at radius 3 is 2.73 bits per heavy atom. The summed E-state index contributed by atoms with van der Waals surface area (Å²) in [7, 11) is 0. The Bertz CT molecular complexity index is 710. The third-order valence-electron chi connectivity index (χ3n) is 2.99. The van der Waals surface area contributed by atoms with Crippen molar-refractivity contribution in [1.82, 2.24) is 9.97 Å². The number of amidine groups is 1. The number of allylic oxidation sites excluding steroid dienone is 2. The molecule has 22 heavy (non-hydrogen) atoms. The molecule has 0 saturated carbocycles. The van der Waals surface area contributed by atoms with Gasteiger partial charge in [0.05, 0.1) is 18.4 Å². The molecule has 0 saturated heterocycles. The number of quaternary nitrogens is 1. The summed E-state index contributed by atoms with van der Waals surface area (Å²) in [6.07, 6.45) is 8.70. The fraction of sp³-hybridized carbons (Fsp3) is 0.143. The van der Waals surface area contributed by atoms with Crippen LogP contribution in [-0.4, -0.2) is 28.4 Å². The Morgan fingerprint density at radius 1 is 1.32 bits per heavy atom. The second kappa shape index (κ2) is 6.59. The van der Waals surface area contributed by atoms with E-state index in [1.165, 1.54) is 24.7 Å². The Balaban J connectivity index is 0.00000176. The van der Waals surface area contributed by atoms with Gasteiger partial charge in [0.25, 0.3) is 0 Å². The maximum atomic E-state index is 13.3.